The predicted molar refractivity (Wildman–Crippen MR) is 95.7 cm³/mol. The lowest BCUT2D eigenvalue weighted by Gasteiger charge is -2.25. The number of hydrogen-bond donors (Lipinski definition) is 2. The van der Waals surface area contributed by atoms with Gasteiger partial charge in [0.1, 0.15) is 0 Å². The Morgan fingerprint density at radius 1 is 1.04 bits per heavy atom. The first-order valence-electron chi connectivity index (χ1n) is 7.95. The normalized spacial score (nSPS) is 12.0. The average Bonchev–Trinajstić information content (AvgIpc) is 2.56. The molecule has 1 unspecified atom stereocenters. The lowest BCUT2D eigenvalue weighted by Crippen LogP contribution is -2.36. The van der Waals surface area contributed by atoms with Crippen LogP contribution in [0.1, 0.15) is 24.1 Å². The zero-order valence-corrected chi connectivity index (χ0v) is 14.0. The van der Waals surface area contributed by atoms with Crippen LogP contribution in [0.2, 0.25) is 0 Å². The van der Waals surface area contributed by atoms with E-state index in [0.717, 1.165) is 12.1 Å². The molecule has 122 valence electrons. The topological polar surface area (TPSA) is 44.4 Å². The SMILES string of the molecule is CCc1ccc(C(CNC(=O)Nc2ccccc2)N(C)C)cc1. The molecule has 0 bridgehead atoms. The van der Waals surface area contributed by atoms with E-state index in [1.807, 2.05) is 44.4 Å². The Bertz CT molecular complexity index is 608. The van der Waals surface area contributed by atoms with E-state index in [0.29, 0.717) is 6.54 Å². The number of para-hydroxylation sites is 1. The van der Waals surface area contributed by atoms with E-state index < -0.39 is 0 Å². The number of nitrogens with zero attached hydrogens (tertiary/aromatic N) is 1. The van der Waals surface area contributed by atoms with E-state index in [9.17, 15) is 4.79 Å². The molecule has 0 heterocycles. The summed E-state index contributed by atoms with van der Waals surface area (Å²) in [7, 11) is 4.05. The van der Waals surface area contributed by atoms with Crippen molar-refractivity contribution in [2.24, 2.45) is 0 Å². The molecule has 1 atom stereocenters. The molecule has 0 aliphatic carbocycles. The molecule has 0 saturated carbocycles. The first-order chi connectivity index (χ1) is 11.1. The van der Waals surface area contributed by atoms with Crippen molar-refractivity contribution in [3.05, 3.63) is 65.7 Å². The standard InChI is InChI=1S/C19H25N3O/c1-4-15-10-12-16(13-11-15)18(22(2)3)14-20-19(23)21-17-8-6-5-7-9-17/h5-13,18H,4,14H2,1-3H3,(H2,20,21,23). The van der Waals surface area contributed by atoms with Gasteiger partial charge < -0.3 is 15.5 Å². The molecule has 2 N–H and O–H groups in total. The van der Waals surface area contributed by atoms with Gasteiger partial charge >= 0.3 is 6.03 Å². The summed E-state index contributed by atoms with van der Waals surface area (Å²) in [5.74, 6) is 0. The molecule has 0 aliphatic rings. The third-order valence-electron chi connectivity index (χ3n) is 3.88. The van der Waals surface area contributed by atoms with Crippen molar-refractivity contribution in [1.82, 2.24) is 10.2 Å². The van der Waals surface area contributed by atoms with E-state index in [2.05, 4.69) is 46.7 Å². The van der Waals surface area contributed by atoms with Crippen LogP contribution in [0, 0.1) is 0 Å². The molecular formula is C19H25N3O. The molecule has 2 amide bonds. The molecule has 2 aromatic carbocycles. The molecule has 23 heavy (non-hydrogen) atoms. The highest BCUT2D eigenvalue weighted by atomic mass is 16.2. The van der Waals surface area contributed by atoms with Gasteiger partial charge in [0, 0.05) is 12.2 Å². The minimum atomic E-state index is -0.187. The summed E-state index contributed by atoms with van der Waals surface area (Å²) in [5, 5.41) is 5.79. The van der Waals surface area contributed by atoms with Gasteiger partial charge in [-0.25, -0.2) is 4.79 Å². The Kier molecular flexibility index (Phi) is 6.18. The van der Waals surface area contributed by atoms with Crippen molar-refractivity contribution < 1.29 is 4.79 Å². The van der Waals surface area contributed by atoms with Crippen LogP contribution < -0.4 is 10.6 Å². The number of urea groups is 1. The van der Waals surface area contributed by atoms with Crippen LogP contribution in [0.25, 0.3) is 0 Å². The molecule has 0 aliphatic heterocycles. The van der Waals surface area contributed by atoms with Crippen LogP contribution in [-0.4, -0.2) is 31.6 Å². The Hall–Kier alpha value is -2.33. The fourth-order valence-electron chi connectivity index (χ4n) is 2.46. The van der Waals surface area contributed by atoms with E-state index in [1.54, 1.807) is 0 Å². The zero-order valence-electron chi connectivity index (χ0n) is 14.0. The van der Waals surface area contributed by atoms with E-state index >= 15 is 0 Å². The monoisotopic (exact) mass is 311 g/mol. The van der Waals surface area contributed by atoms with Gasteiger partial charge in [-0.2, -0.15) is 0 Å². The molecular weight excluding hydrogens is 286 g/mol. The molecule has 0 saturated heterocycles. The van der Waals surface area contributed by atoms with Crippen molar-refractivity contribution >= 4 is 11.7 Å². The minimum Gasteiger partial charge on any atom is -0.336 e. The lowest BCUT2D eigenvalue weighted by atomic mass is 10.0. The quantitative estimate of drug-likeness (QED) is 0.855. The van der Waals surface area contributed by atoms with Crippen molar-refractivity contribution in [1.29, 1.82) is 0 Å². The zero-order chi connectivity index (χ0) is 16.7. The number of likely N-dealkylation sites (N-methyl/N-ethyl adjacent to an activating group) is 1. The largest absolute Gasteiger partial charge is 0.336 e. The van der Waals surface area contributed by atoms with Gasteiger partial charge in [0.2, 0.25) is 0 Å². The number of benzene rings is 2. The summed E-state index contributed by atoms with van der Waals surface area (Å²) in [6.45, 7) is 2.70. The summed E-state index contributed by atoms with van der Waals surface area (Å²) in [6.07, 6.45) is 1.03. The summed E-state index contributed by atoms with van der Waals surface area (Å²) in [4.78, 5) is 14.1. The van der Waals surface area contributed by atoms with Gasteiger partial charge in [0.15, 0.2) is 0 Å². The highest BCUT2D eigenvalue weighted by Crippen LogP contribution is 2.18. The maximum Gasteiger partial charge on any atom is 0.319 e. The van der Waals surface area contributed by atoms with Crippen molar-refractivity contribution in [2.45, 2.75) is 19.4 Å². The van der Waals surface area contributed by atoms with E-state index in [1.165, 1.54) is 11.1 Å². The molecule has 2 rings (SSSR count). The Balaban J connectivity index is 1.95. The summed E-state index contributed by atoms with van der Waals surface area (Å²) >= 11 is 0. The fraction of sp³-hybridized carbons (Fsp3) is 0.316. The lowest BCUT2D eigenvalue weighted by molar-refractivity contribution is 0.243. The molecule has 0 aromatic heterocycles. The molecule has 2 aromatic rings. The summed E-state index contributed by atoms with van der Waals surface area (Å²) in [5.41, 5.74) is 3.31. The third-order valence-corrected chi connectivity index (χ3v) is 3.88. The van der Waals surface area contributed by atoms with Gasteiger partial charge in [-0.05, 0) is 43.8 Å². The van der Waals surface area contributed by atoms with Gasteiger partial charge in [0.25, 0.3) is 0 Å². The smallest absolute Gasteiger partial charge is 0.319 e. The first kappa shape index (κ1) is 17.0. The number of amides is 2. The molecule has 0 radical (unpaired) electrons. The van der Waals surface area contributed by atoms with Crippen LogP contribution in [-0.2, 0) is 6.42 Å². The molecule has 4 heteroatoms. The number of anilines is 1. The van der Waals surface area contributed by atoms with Gasteiger partial charge in [-0.3, -0.25) is 0 Å². The highest BCUT2D eigenvalue weighted by Gasteiger charge is 2.15. The first-order valence-corrected chi connectivity index (χ1v) is 7.95. The fourth-order valence-corrected chi connectivity index (χ4v) is 2.46. The van der Waals surface area contributed by atoms with Crippen LogP contribution in [0.4, 0.5) is 10.5 Å². The molecule has 0 fully saturated rings. The second kappa shape index (κ2) is 8.34. The van der Waals surface area contributed by atoms with Crippen LogP contribution in [0.5, 0.6) is 0 Å². The Morgan fingerprint density at radius 2 is 1.70 bits per heavy atom. The maximum atomic E-state index is 12.0. The second-order valence-corrected chi connectivity index (χ2v) is 5.78. The number of carbonyl (C=O) groups is 1. The van der Waals surface area contributed by atoms with Crippen molar-refractivity contribution in [2.75, 3.05) is 26.0 Å². The molecule has 4 nitrogen and oxygen atoms in total. The second-order valence-electron chi connectivity index (χ2n) is 5.78. The highest BCUT2D eigenvalue weighted by molar-refractivity contribution is 5.89. The van der Waals surface area contributed by atoms with Crippen LogP contribution in [0.15, 0.2) is 54.6 Å². The Labute approximate surface area is 138 Å². The number of hydrogen-bond acceptors (Lipinski definition) is 2. The van der Waals surface area contributed by atoms with Crippen molar-refractivity contribution in [3.8, 4) is 0 Å². The third kappa shape index (κ3) is 5.11. The van der Waals surface area contributed by atoms with E-state index in [-0.39, 0.29) is 12.1 Å². The van der Waals surface area contributed by atoms with Gasteiger partial charge in [0.05, 0.1) is 6.04 Å². The number of rotatable bonds is 6. The molecule has 0 spiro atoms. The van der Waals surface area contributed by atoms with Crippen LogP contribution in [0.3, 0.4) is 0 Å². The predicted octanol–water partition coefficient (Wildman–Crippen LogP) is 3.67. The summed E-state index contributed by atoms with van der Waals surface area (Å²) < 4.78 is 0. The number of nitrogens with one attached hydrogen (secondary N) is 2. The summed E-state index contributed by atoms with van der Waals surface area (Å²) in [6, 6.07) is 18.0. The number of aryl methyl sites for hydroxylation is 1. The van der Waals surface area contributed by atoms with E-state index in [4.69, 9.17) is 0 Å². The van der Waals surface area contributed by atoms with Crippen LogP contribution >= 0.6 is 0 Å². The minimum absolute atomic E-state index is 0.141. The van der Waals surface area contributed by atoms with Gasteiger partial charge in [-0.1, -0.05) is 49.4 Å². The Morgan fingerprint density at radius 3 is 2.26 bits per heavy atom. The number of carbonyl (C=O) groups excluding carboxylic acids is 1. The van der Waals surface area contributed by atoms with Gasteiger partial charge in [-0.15, -0.1) is 0 Å². The average molecular weight is 311 g/mol. The maximum absolute atomic E-state index is 12.0. The van der Waals surface area contributed by atoms with Crippen molar-refractivity contribution in [3.63, 3.8) is 0 Å².